The fraction of sp³-hybridized carbons (Fsp3) is 0.300. The summed E-state index contributed by atoms with van der Waals surface area (Å²) in [5.74, 6) is 1.03. The van der Waals surface area contributed by atoms with Crippen molar-refractivity contribution in [2.45, 2.75) is 10.9 Å². The van der Waals surface area contributed by atoms with Gasteiger partial charge in [-0.05, 0) is 48.6 Å². The summed E-state index contributed by atoms with van der Waals surface area (Å²) in [5.41, 5.74) is 1.12. The lowest BCUT2D eigenvalue weighted by molar-refractivity contribution is 0.171. The molecule has 4 rings (SSSR count). The number of thiophene rings is 1. The Balaban J connectivity index is 1.57. The van der Waals surface area contributed by atoms with Crippen LogP contribution in [0.15, 0.2) is 52.7 Å². The van der Waals surface area contributed by atoms with E-state index < -0.39 is 10.0 Å². The van der Waals surface area contributed by atoms with Crippen molar-refractivity contribution in [3.05, 3.63) is 53.4 Å². The summed E-state index contributed by atoms with van der Waals surface area (Å²) in [6, 6.07) is 12.8. The average molecular weight is 419 g/mol. The summed E-state index contributed by atoms with van der Waals surface area (Å²) in [6.45, 7) is 1.15. The molecule has 0 fully saturated rings. The Morgan fingerprint density at radius 2 is 1.86 bits per heavy atom. The van der Waals surface area contributed by atoms with Crippen molar-refractivity contribution in [2.75, 3.05) is 33.9 Å². The molecule has 6 nitrogen and oxygen atoms in total. The molecule has 1 aliphatic rings. The van der Waals surface area contributed by atoms with Gasteiger partial charge in [0, 0.05) is 23.4 Å². The van der Waals surface area contributed by atoms with Crippen LogP contribution < -0.4 is 14.2 Å². The van der Waals surface area contributed by atoms with Gasteiger partial charge in [0.05, 0.1) is 4.90 Å². The molecule has 0 amide bonds. The van der Waals surface area contributed by atoms with Crippen molar-refractivity contribution in [3.8, 4) is 11.5 Å². The molecule has 28 heavy (non-hydrogen) atoms. The molecule has 0 saturated heterocycles. The van der Waals surface area contributed by atoms with Crippen LogP contribution >= 0.6 is 11.3 Å². The molecular weight excluding hydrogens is 396 g/mol. The van der Waals surface area contributed by atoms with Crippen molar-refractivity contribution in [1.82, 2.24) is 9.62 Å². The molecule has 1 aliphatic heterocycles. The van der Waals surface area contributed by atoms with Gasteiger partial charge in [-0.25, -0.2) is 13.1 Å². The van der Waals surface area contributed by atoms with E-state index in [1.54, 1.807) is 23.5 Å². The minimum absolute atomic E-state index is 0.0804. The number of nitrogens with zero attached hydrogens (tertiary/aromatic N) is 1. The molecule has 2 aromatic carbocycles. The summed E-state index contributed by atoms with van der Waals surface area (Å²) in [4.78, 5) is 2.20. The number of hydrogen-bond acceptors (Lipinski definition) is 6. The van der Waals surface area contributed by atoms with Crippen molar-refractivity contribution in [2.24, 2.45) is 0 Å². The minimum Gasteiger partial charge on any atom is -0.486 e. The van der Waals surface area contributed by atoms with Crippen LogP contribution in [0.1, 0.15) is 11.6 Å². The normalized spacial score (nSPS) is 15.1. The molecule has 0 saturated carbocycles. The fourth-order valence-corrected chi connectivity index (χ4v) is 5.35. The second-order valence-corrected chi connectivity index (χ2v) is 9.50. The second-order valence-electron chi connectivity index (χ2n) is 6.82. The van der Waals surface area contributed by atoms with Gasteiger partial charge in [-0.3, -0.25) is 0 Å². The Hall–Kier alpha value is -2.13. The van der Waals surface area contributed by atoms with Gasteiger partial charge in [-0.2, -0.15) is 0 Å². The van der Waals surface area contributed by atoms with E-state index in [1.807, 2.05) is 31.1 Å². The smallest absolute Gasteiger partial charge is 0.240 e. The maximum absolute atomic E-state index is 12.9. The van der Waals surface area contributed by atoms with Crippen LogP contribution in [-0.4, -0.2) is 47.2 Å². The van der Waals surface area contributed by atoms with E-state index in [0.29, 0.717) is 24.7 Å². The number of likely N-dealkylation sites (N-methyl/N-ethyl adjacent to an activating group) is 1. The number of rotatable bonds is 6. The highest BCUT2D eigenvalue weighted by Crippen LogP contribution is 2.34. The van der Waals surface area contributed by atoms with Gasteiger partial charge < -0.3 is 14.4 Å². The maximum atomic E-state index is 12.9. The topological polar surface area (TPSA) is 67.9 Å². The number of benzene rings is 2. The van der Waals surface area contributed by atoms with Gasteiger partial charge in [-0.1, -0.05) is 18.2 Å². The summed E-state index contributed by atoms with van der Waals surface area (Å²) in [6.07, 6.45) is 0. The Morgan fingerprint density at radius 1 is 1.11 bits per heavy atom. The number of hydrogen-bond donors (Lipinski definition) is 1. The van der Waals surface area contributed by atoms with E-state index in [0.717, 1.165) is 10.9 Å². The Morgan fingerprint density at radius 3 is 2.64 bits per heavy atom. The highest BCUT2D eigenvalue weighted by atomic mass is 32.2. The van der Waals surface area contributed by atoms with Crippen LogP contribution in [0.25, 0.3) is 10.1 Å². The maximum Gasteiger partial charge on any atom is 0.240 e. The van der Waals surface area contributed by atoms with Crippen LogP contribution in [0.3, 0.4) is 0 Å². The minimum atomic E-state index is -3.68. The van der Waals surface area contributed by atoms with Crippen LogP contribution in [0.4, 0.5) is 0 Å². The molecule has 2 heterocycles. The van der Waals surface area contributed by atoms with Gasteiger partial charge >= 0.3 is 0 Å². The first kappa shape index (κ1) is 19.2. The number of sulfonamides is 1. The fourth-order valence-electron chi connectivity index (χ4n) is 3.29. The van der Waals surface area contributed by atoms with Gasteiger partial charge in [0.15, 0.2) is 11.5 Å². The Bertz CT molecular complexity index is 1090. The van der Waals surface area contributed by atoms with E-state index >= 15 is 0 Å². The molecule has 1 aromatic heterocycles. The third-order valence-corrected chi connectivity index (χ3v) is 7.19. The van der Waals surface area contributed by atoms with Crippen molar-refractivity contribution in [3.63, 3.8) is 0 Å². The SMILES string of the molecule is CN(C)[C@@H](CNS(=O)(=O)c1ccc2c(c1)OCCO2)c1csc2ccccc12. The third kappa shape index (κ3) is 3.73. The van der Waals surface area contributed by atoms with E-state index in [-0.39, 0.29) is 17.5 Å². The molecule has 8 heteroatoms. The Labute approximate surface area is 168 Å². The zero-order chi connectivity index (χ0) is 19.7. The predicted octanol–water partition coefficient (Wildman–Crippen LogP) is 3.25. The zero-order valence-electron chi connectivity index (χ0n) is 15.7. The first-order valence-corrected chi connectivity index (χ1v) is 11.3. The lowest BCUT2D eigenvalue weighted by atomic mass is 10.1. The summed E-state index contributed by atoms with van der Waals surface area (Å²) in [5, 5.41) is 3.26. The lowest BCUT2D eigenvalue weighted by Crippen LogP contribution is -2.34. The molecule has 1 atom stereocenters. The second kappa shape index (κ2) is 7.71. The predicted molar refractivity (Wildman–Crippen MR) is 111 cm³/mol. The number of ether oxygens (including phenoxy) is 2. The molecule has 0 aliphatic carbocycles. The first-order valence-electron chi connectivity index (χ1n) is 8.97. The number of nitrogens with one attached hydrogen (secondary N) is 1. The molecule has 0 unspecified atom stereocenters. The van der Waals surface area contributed by atoms with Crippen LogP contribution in [0.5, 0.6) is 11.5 Å². The van der Waals surface area contributed by atoms with E-state index in [4.69, 9.17) is 9.47 Å². The molecule has 0 radical (unpaired) electrons. The lowest BCUT2D eigenvalue weighted by Gasteiger charge is -2.25. The third-order valence-electron chi connectivity index (χ3n) is 4.78. The number of fused-ring (bicyclic) bond motifs is 2. The van der Waals surface area contributed by atoms with Crippen molar-refractivity contribution in [1.29, 1.82) is 0 Å². The monoisotopic (exact) mass is 418 g/mol. The van der Waals surface area contributed by atoms with E-state index in [2.05, 4.69) is 22.2 Å². The average Bonchev–Trinajstić information content (AvgIpc) is 3.11. The van der Waals surface area contributed by atoms with Crippen molar-refractivity contribution < 1.29 is 17.9 Å². The van der Waals surface area contributed by atoms with Crippen LogP contribution in [0.2, 0.25) is 0 Å². The van der Waals surface area contributed by atoms with Gasteiger partial charge in [-0.15, -0.1) is 11.3 Å². The summed E-state index contributed by atoms with van der Waals surface area (Å²) >= 11 is 1.67. The molecule has 3 aromatic rings. The zero-order valence-corrected chi connectivity index (χ0v) is 17.3. The highest BCUT2D eigenvalue weighted by Gasteiger charge is 2.23. The molecular formula is C20H22N2O4S2. The Kier molecular flexibility index (Phi) is 5.29. The highest BCUT2D eigenvalue weighted by molar-refractivity contribution is 7.89. The van der Waals surface area contributed by atoms with E-state index in [1.165, 1.54) is 10.8 Å². The van der Waals surface area contributed by atoms with Gasteiger partial charge in [0.1, 0.15) is 13.2 Å². The van der Waals surface area contributed by atoms with Crippen molar-refractivity contribution >= 4 is 31.4 Å². The molecule has 148 valence electrons. The quantitative estimate of drug-likeness (QED) is 0.666. The van der Waals surface area contributed by atoms with Crippen LogP contribution in [-0.2, 0) is 10.0 Å². The molecule has 0 bridgehead atoms. The molecule has 1 N–H and O–H groups in total. The summed E-state index contributed by atoms with van der Waals surface area (Å²) < 4.78 is 40.6. The van der Waals surface area contributed by atoms with Crippen LogP contribution in [0, 0.1) is 0 Å². The largest absolute Gasteiger partial charge is 0.486 e. The standard InChI is InChI=1S/C20H22N2O4S2/c1-22(2)17(16-13-27-20-6-4-3-5-15(16)20)12-21-28(23,24)14-7-8-18-19(11-14)26-10-9-25-18/h3-8,11,13,17,21H,9-10,12H2,1-2H3/t17-/m0/s1. The van der Waals surface area contributed by atoms with Gasteiger partial charge in [0.2, 0.25) is 10.0 Å². The molecule has 0 spiro atoms. The van der Waals surface area contributed by atoms with Gasteiger partial charge in [0.25, 0.3) is 0 Å². The summed E-state index contributed by atoms with van der Waals surface area (Å²) in [7, 11) is 0.232. The van der Waals surface area contributed by atoms with E-state index in [9.17, 15) is 8.42 Å². The first-order chi connectivity index (χ1) is 13.5.